The van der Waals surface area contributed by atoms with Crippen molar-refractivity contribution in [2.75, 3.05) is 0 Å². The minimum absolute atomic E-state index is 0.831. The van der Waals surface area contributed by atoms with E-state index in [4.69, 9.17) is 0 Å². The molecule has 9 aromatic rings. The molecule has 0 N–H and O–H groups in total. The molecule has 0 fully saturated rings. The normalized spacial score (nSPS) is 13.9. The Morgan fingerprint density at radius 3 is 0.406 bits per heavy atom. The van der Waals surface area contributed by atoms with E-state index >= 15 is 14.4 Å². The number of hydrogen-bond acceptors (Lipinski definition) is 3. The third kappa shape index (κ3) is 5.21. The summed E-state index contributed by atoms with van der Waals surface area (Å²) in [6.07, 6.45) is 0. The van der Waals surface area contributed by atoms with E-state index in [0.29, 0.717) is 0 Å². The van der Waals surface area contributed by atoms with E-state index in [1.54, 1.807) is 0 Å². The quantitative estimate of drug-likeness (QED) is 0.0588. The summed E-state index contributed by atoms with van der Waals surface area (Å²) in [5.41, 5.74) is -14.0. The fourth-order valence-electron chi connectivity index (χ4n) is 11.2. The van der Waals surface area contributed by atoms with Crippen LogP contribution < -0.4 is 47.7 Å². The summed E-state index contributed by atoms with van der Waals surface area (Å²) in [5, 5.41) is 7.48. The zero-order valence-corrected chi connectivity index (χ0v) is 40.0. The van der Waals surface area contributed by atoms with Gasteiger partial charge in [0.1, 0.15) is 0 Å². The van der Waals surface area contributed by atoms with Crippen LogP contribution in [0, 0.1) is 0 Å². The summed E-state index contributed by atoms with van der Waals surface area (Å²) in [6, 6.07) is 92.3. The maximum absolute atomic E-state index is 17.8. The second-order valence-electron chi connectivity index (χ2n) is 16.0. The van der Waals surface area contributed by atoms with Crippen LogP contribution in [0.5, 0.6) is 0 Å². The van der Waals surface area contributed by atoms with Gasteiger partial charge in [0.25, 0.3) is 0 Å². The van der Waals surface area contributed by atoms with Crippen LogP contribution in [-0.2, 0) is 25.4 Å². The maximum atomic E-state index is 17.8. The topological polar surface area (TPSA) is 51.2 Å². The molecule has 0 amide bonds. The molecule has 9 rings (SSSR count). The third-order valence-corrected chi connectivity index (χ3v) is 109. The molecule has 0 atom stereocenters. The van der Waals surface area contributed by atoms with Crippen LogP contribution in [0.25, 0.3) is 0 Å². The minimum atomic E-state index is -7.96. The van der Waals surface area contributed by atoms with Gasteiger partial charge in [-0.2, -0.15) is 0 Å². The van der Waals surface area contributed by atoms with E-state index in [1.165, 1.54) is 0 Å². The summed E-state index contributed by atoms with van der Waals surface area (Å²) in [4.78, 5) is 56.7. The van der Waals surface area contributed by atoms with Gasteiger partial charge in [-0.05, 0) is 0 Å². The SMILES string of the molecule is O=[CH][Ru]([CH]=O)([CH]=O)([PH](c1ccccc1)(c1ccccc1)c1ccccc1)([PH](c1ccccc1)(c1ccccc1)c1ccccc1)[PH](c1ccccc1)(c1ccccc1)c1ccccc1. The average molecular weight is 978 g/mol. The van der Waals surface area contributed by atoms with E-state index in [2.05, 4.69) is 109 Å². The van der Waals surface area contributed by atoms with Gasteiger partial charge in [-0.15, -0.1) is 0 Å². The van der Waals surface area contributed by atoms with Crippen molar-refractivity contribution < 1.29 is 25.4 Å². The van der Waals surface area contributed by atoms with Gasteiger partial charge in [0, 0.05) is 0 Å². The Morgan fingerprint density at radius 2 is 0.312 bits per heavy atom. The standard InChI is InChI=1S/3C18H15P.3CHO.Ru/c3*1-4-10-16(11-5-1)19(17-12-6-2-7-13-17)18-14-8-3-9-15-18;3*1-2;/h3*1-15H;3*1H;/q;;;;;;-3/p+3. The fourth-order valence-corrected chi connectivity index (χ4v) is 143. The Morgan fingerprint density at radius 1 is 0.203 bits per heavy atom. The van der Waals surface area contributed by atoms with Gasteiger partial charge in [-0.25, -0.2) is 0 Å². The van der Waals surface area contributed by atoms with E-state index in [9.17, 15) is 0 Å². The predicted octanol–water partition coefficient (Wildman–Crippen LogP) is 8.71. The molecule has 0 unspecified atom stereocenters. The number of carbonyl (C=O) groups is 3. The molecule has 0 saturated heterocycles. The molecule has 0 spiro atoms. The monoisotopic (exact) mass is 978 g/mol. The molecule has 0 aliphatic rings. The van der Waals surface area contributed by atoms with Crippen molar-refractivity contribution in [3.63, 3.8) is 0 Å². The molecular weight excluding hydrogens is 927 g/mol. The van der Waals surface area contributed by atoms with Gasteiger partial charge in [-0.1, -0.05) is 0 Å². The Hall–Kier alpha value is -6.10. The Labute approximate surface area is 375 Å². The van der Waals surface area contributed by atoms with E-state index < -0.39 is 27.8 Å². The van der Waals surface area contributed by atoms with Gasteiger partial charge >= 0.3 is 378 Å². The molecule has 0 heterocycles. The van der Waals surface area contributed by atoms with Crippen LogP contribution in [-0.4, -0.2) is 14.6 Å². The molecule has 64 heavy (non-hydrogen) atoms. The van der Waals surface area contributed by atoms with Crippen molar-refractivity contribution in [1.29, 1.82) is 0 Å². The molecule has 0 aliphatic heterocycles. The number of rotatable bonds is 15. The first kappa shape index (κ1) is 43.2. The summed E-state index contributed by atoms with van der Waals surface area (Å²) in [5.74, 6) is 0. The van der Waals surface area contributed by atoms with Crippen LogP contribution in [0.2, 0.25) is 0 Å². The first-order chi connectivity index (χ1) is 31.5. The number of carbonyl (C=O) groups excluding carboxylic acids is 3. The molecule has 0 bridgehead atoms. The van der Waals surface area contributed by atoms with Gasteiger partial charge in [0.15, 0.2) is 0 Å². The second kappa shape index (κ2) is 17.1. The Kier molecular flexibility index (Phi) is 11.6. The van der Waals surface area contributed by atoms with E-state index in [1.807, 2.05) is 164 Å². The summed E-state index contributed by atoms with van der Waals surface area (Å²) in [7, 11) is -7.96. The predicted molar refractivity (Wildman–Crippen MR) is 280 cm³/mol. The molecule has 9 aromatic carbocycles. The van der Waals surface area contributed by atoms with Crippen molar-refractivity contribution >= 4 is 79.2 Å². The zero-order chi connectivity index (χ0) is 44.0. The second-order valence-corrected chi connectivity index (χ2v) is 69.0. The van der Waals surface area contributed by atoms with Gasteiger partial charge in [0.2, 0.25) is 0 Å². The summed E-state index contributed by atoms with van der Waals surface area (Å²) >= 11 is 0. The van der Waals surface area contributed by atoms with Crippen molar-refractivity contribution in [2.24, 2.45) is 0 Å². The van der Waals surface area contributed by atoms with Crippen molar-refractivity contribution in [3.05, 3.63) is 273 Å². The molecule has 3 nitrogen and oxygen atoms in total. The van der Waals surface area contributed by atoms with Crippen LogP contribution in [0.15, 0.2) is 273 Å². The summed E-state index contributed by atoms with van der Waals surface area (Å²) in [6.45, 7) is 0. The summed E-state index contributed by atoms with van der Waals surface area (Å²) < 4.78 is 0. The van der Waals surface area contributed by atoms with Crippen LogP contribution in [0.4, 0.5) is 0 Å². The first-order valence-corrected chi connectivity index (χ1v) is 37.7. The molecule has 0 aliphatic carbocycles. The first-order valence-electron chi connectivity index (χ1n) is 21.3. The van der Waals surface area contributed by atoms with Crippen LogP contribution in [0.3, 0.4) is 0 Å². The fraction of sp³-hybridized carbons (Fsp3) is 0. The average Bonchev–Trinajstić information content (AvgIpc) is 3.40. The third-order valence-electron chi connectivity index (χ3n) is 13.3. The van der Waals surface area contributed by atoms with Gasteiger partial charge in [-0.3, -0.25) is 0 Å². The Balaban J connectivity index is 1.88. The van der Waals surface area contributed by atoms with Crippen molar-refractivity contribution in [2.45, 2.75) is 0 Å². The van der Waals surface area contributed by atoms with Gasteiger partial charge in [0.05, 0.1) is 0 Å². The van der Waals surface area contributed by atoms with E-state index in [0.717, 1.165) is 62.4 Å². The molecule has 0 radical (unpaired) electrons. The van der Waals surface area contributed by atoms with Crippen LogP contribution >= 0.6 is 16.8 Å². The number of benzene rings is 9. The van der Waals surface area contributed by atoms with Crippen LogP contribution in [0.1, 0.15) is 0 Å². The molecule has 0 saturated carbocycles. The molecular formula is C57H51O3P3Ru. The van der Waals surface area contributed by atoms with E-state index in [-0.39, 0.29) is 0 Å². The molecule has 320 valence electrons. The van der Waals surface area contributed by atoms with Crippen molar-refractivity contribution in [3.8, 4) is 0 Å². The zero-order valence-electron chi connectivity index (χ0n) is 35.3. The Bertz CT molecular complexity index is 2390. The van der Waals surface area contributed by atoms with Gasteiger partial charge < -0.3 is 0 Å². The molecule has 7 heteroatoms. The molecule has 0 aromatic heterocycles. The number of hydrogen-bond donors (Lipinski definition) is 0. The van der Waals surface area contributed by atoms with Crippen molar-refractivity contribution in [1.82, 2.24) is 0 Å².